The lowest BCUT2D eigenvalue weighted by molar-refractivity contribution is 1.16. The van der Waals surface area contributed by atoms with Crippen LogP contribution in [0.4, 0.5) is 0 Å². The van der Waals surface area contributed by atoms with Crippen molar-refractivity contribution < 1.29 is 0 Å². The summed E-state index contributed by atoms with van der Waals surface area (Å²) in [5, 5.41) is 5.15. The summed E-state index contributed by atoms with van der Waals surface area (Å²) in [6.07, 6.45) is 0. The molecule has 0 unspecified atom stereocenters. The third-order valence-corrected chi connectivity index (χ3v) is 8.39. The summed E-state index contributed by atoms with van der Waals surface area (Å²) in [7, 11) is 0. The third-order valence-electron chi connectivity index (χ3n) is 8.39. The highest BCUT2D eigenvalue weighted by Crippen LogP contribution is 2.36. The van der Waals surface area contributed by atoms with E-state index >= 15 is 0 Å². The second-order valence-electron chi connectivity index (χ2n) is 10.7. The van der Waals surface area contributed by atoms with Crippen molar-refractivity contribution in [3.8, 4) is 22.5 Å². The molecule has 2 heteroatoms. The Morgan fingerprint density at radius 3 is 0.951 bits per heavy atom. The number of rotatable bonds is 3. The zero-order chi connectivity index (χ0) is 26.8. The lowest BCUT2D eigenvalue weighted by Gasteiger charge is -2.15. The van der Waals surface area contributed by atoms with E-state index in [-0.39, 0.29) is 7.43 Å². The molecule has 0 saturated carbocycles. The van der Waals surface area contributed by atoms with Crippen LogP contribution < -0.4 is 0 Å². The Morgan fingerprint density at radius 2 is 0.659 bits per heavy atom. The molecule has 0 atom stereocenters. The van der Waals surface area contributed by atoms with E-state index in [4.69, 9.17) is 0 Å². The van der Waals surface area contributed by atoms with Gasteiger partial charge in [-0.05, 0) is 84.6 Å². The van der Waals surface area contributed by atoms with Gasteiger partial charge in [-0.2, -0.15) is 0 Å². The molecule has 0 saturated heterocycles. The molecule has 0 aliphatic heterocycles. The first kappa shape index (κ1) is 24.9. The summed E-state index contributed by atoms with van der Waals surface area (Å²) in [6.45, 7) is 4.46. The first-order valence-corrected chi connectivity index (χ1v) is 13.9. The van der Waals surface area contributed by atoms with Crippen molar-refractivity contribution in [1.82, 2.24) is 9.13 Å². The molecule has 2 nitrogen and oxygen atoms in total. The monoisotopic (exact) mass is 528 g/mol. The summed E-state index contributed by atoms with van der Waals surface area (Å²) in [5.74, 6) is 0. The second kappa shape index (κ2) is 9.53. The van der Waals surface area contributed by atoms with Crippen LogP contribution in [0.1, 0.15) is 18.6 Å². The van der Waals surface area contributed by atoms with Gasteiger partial charge in [-0.1, -0.05) is 92.4 Å². The van der Waals surface area contributed by atoms with E-state index in [0.29, 0.717) is 0 Å². The molecule has 0 spiro atoms. The Hall–Kier alpha value is -5.08. The first-order valence-electron chi connectivity index (χ1n) is 13.9. The van der Waals surface area contributed by atoms with Crippen molar-refractivity contribution in [2.24, 2.45) is 0 Å². The van der Waals surface area contributed by atoms with E-state index in [1.807, 2.05) is 0 Å². The van der Waals surface area contributed by atoms with Gasteiger partial charge in [0.25, 0.3) is 0 Å². The first-order chi connectivity index (χ1) is 19.7. The molecule has 0 aliphatic carbocycles. The number of benzene rings is 6. The lowest BCUT2D eigenvalue weighted by Crippen LogP contribution is -1.98. The predicted octanol–water partition coefficient (Wildman–Crippen LogP) is 10.8. The van der Waals surface area contributed by atoms with Gasteiger partial charge in [0.15, 0.2) is 0 Å². The average molecular weight is 529 g/mol. The number of para-hydroxylation sites is 4. The summed E-state index contributed by atoms with van der Waals surface area (Å²) in [5.41, 5.74) is 12.4. The smallest absolute Gasteiger partial charge is 0.0541 e. The van der Waals surface area contributed by atoms with Crippen LogP contribution >= 0.6 is 0 Å². The van der Waals surface area contributed by atoms with Crippen LogP contribution in [0.15, 0.2) is 133 Å². The molecular weight excluding hydrogens is 496 g/mol. The van der Waals surface area contributed by atoms with Gasteiger partial charge in [-0.25, -0.2) is 0 Å². The molecule has 198 valence electrons. The lowest BCUT2D eigenvalue weighted by atomic mass is 9.95. The SMILES string of the molecule is C.Cc1cc(-n2c3ccccc3c3ccccc32)ccc1-c1ccc(-n2c3ccccc3c3ccccc32)cc1C. The average Bonchev–Trinajstić information content (AvgIpc) is 3.51. The highest BCUT2D eigenvalue weighted by atomic mass is 15.0. The molecular formula is C39H32N2. The Bertz CT molecular complexity index is 1970. The van der Waals surface area contributed by atoms with Crippen molar-refractivity contribution in [2.75, 3.05) is 0 Å². The molecule has 2 heterocycles. The molecule has 0 aliphatic rings. The minimum Gasteiger partial charge on any atom is -0.309 e. The van der Waals surface area contributed by atoms with Crippen molar-refractivity contribution in [2.45, 2.75) is 21.3 Å². The summed E-state index contributed by atoms with van der Waals surface area (Å²) >= 11 is 0. The van der Waals surface area contributed by atoms with E-state index in [1.165, 1.54) is 77.2 Å². The summed E-state index contributed by atoms with van der Waals surface area (Å²) in [6, 6.07) is 48.5. The van der Waals surface area contributed by atoms with Crippen LogP contribution in [0.2, 0.25) is 0 Å². The fraction of sp³-hybridized carbons (Fsp3) is 0.0769. The number of hydrogen-bond donors (Lipinski definition) is 0. The van der Waals surface area contributed by atoms with Gasteiger partial charge in [0.2, 0.25) is 0 Å². The number of nitrogens with zero attached hydrogens (tertiary/aromatic N) is 2. The molecule has 0 fully saturated rings. The van der Waals surface area contributed by atoms with Crippen LogP contribution in [0.25, 0.3) is 66.1 Å². The standard InChI is InChI=1S/C38H28N2.CH4/c1-25-23-27(39-35-15-7-3-11-31(35)32-12-4-8-16-36(32)39)19-21-29(25)30-22-20-28(24-26(30)2)40-37-17-9-5-13-33(37)34-14-6-10-18-38(34)40;/h3-24H,1-2H3;1H4. The van der Waals surface area contributed by atoms with Gasteiger partial charge in [0, 0.05) is 32.9 Å². The number of aromatic nitrogens is 2. The highest BCUT2D eigenvalue weighted by molar-refractivity contribution is 6.10. The largest absolute Gasteiger partial charge is 0.309 e. The summed E-state index contributed by atoms with van der Waals surface area (Å²) in [4.78, 5) is 0. The maximum Gasteiger partial charge on any atom is 0.0541 e. The fourth-order valence-electron chi connectivity index (χ4n) is 6.58. The predicted molar refractivity (Wildman–Crippen MR) is 177 cm³/mol. The van der Waals surface area contributed by atoms with Crippen LogP contribution in [0.5, 0.6) is 0 Å². The molecule has 8 rings (SSSR count). The van der Waals surface area contributed by atoms with Crippen molar-refractivity contribution >= 4 is 43.6 Å². The van der Waals surface area contributed by atoms with Gasteiger partial charge in [0.05, 0.1) is 22.1 Å². The van der Waals surface area contributed by atoms with Crippen LogP contribution in [-0.2, 0) is 0 Å². The summed E-state index contributed by atoms with van der Waals surface area (Å²) < 4.78 is 4.78. The van der Waals surface area contributed by atoms with Gasteiger partial charge in [-0.15, -0.1) is 0 Å². The number of fused-ring (bicyclic) bond motifs is 6. The minimum atomic E-state index is 0. The normalized spacial score (nSPS) is 11.5. The van der Waals surface area contributed by atoms with Crippen molar-refractivity contribution in [1.29, 1.82) is 0 Å². The second-order valence-corrected chi connectivity index (χ2v) is 10.7. The van der Waals surface area contributed by atoms with Gasteiger partial charge >= 0.3 is 0 Å². The fourth-order valence-corrected chi connectivity index (χ4v) is 6.58. The molecule has 41 heavy (non-hydrogen) atoms. The topological polar surface area (TPSA) is 9.86 Å². The molecule has 2 aromatic heterocycles. The maximum atomic E-state index is 2.39. The Kier molecular flexibility index (Phi) is 5.80. The molecule has 6 aromatic carbocycles. The molecule has 0 amide bonds. The van der Waals surface area contributed by atoms with Crippen LogP contribution in [0, 0.1) is 13.8 Å². The third kappa shape index (κ3) is 3.72. The van der Waals surface area contributed by atoms with E-state index in [1.54, 1.807) is 0 Å². The van der Waals surface area contributed by atoms with E-state index in [0.717, 1.165) is 0 Å². The number of hydrogen-bond acceptors (Lipinski definition) is 0. The van der Waals surface area contributed by atoms with Gasteiger partial charge in [0.1, 0.15) is 0 Å². The maximum absolute atomic E-state index is 2.39. The van der Waals surface area contributed by atoms with Gasteiger partial charge in [-0.3, -0.25) is 0 Å². The zero-order valence-electron chi connectivity index (χ0n) is 22.6. The molecule has 0 radical (unpaired) electrons. The Morgan fingerprint density at radius 1 is 0.366 bits per heavy atom. The molecule has 0 N–H and O–H groups in total. The minimum absolute atomic E-state index is 0. The van der Waals surface area contributed by atoms with Crippen LogP contribution in [0.3, 0.4) is 0 Å². The van der Waals surface area contributed by atoms with E-state index in [2.05, 4.69) is 156 Å². The Labute approximate surface area is 240 Å². The Balaban J connectivity index is 0.00000276. The van der Waals surface area contributed by atoms with Crippen molar-refractivity contribution in [3.63, 3.8) is 0 Å². The number of aryl methyl sites for hydroxylation is 2. The van der Waals surface area contributed by atoms with Gasteiger partial charge < -0.3 is 9.13 Å². The zero-order valence-corrected chi connectivity index (χ0v) is 22.6. The van der Waals surface area contributed by atoms with Crippen LogP contribution in [-0.4, -0.2) is 9.13 Å². The molecule has 0 bridgehead atoms. The van der Waals surface area contributed by atoms with Crippen molar-refractivity contribution in [3.05, 3.63) is 145 Å². The van der Waals surface area contributed by atoms with E-state index < -0.39 is 0 Å². The highest BCUT2D eigenvalue weighted by Gasteiger charge is 2.15. The van der Waals surface area contributed by atoms with E-state index in [9.17, 15) is 0 Å². The molecule has 8 aromatic rings. The quantitative estimate of drug-likeness (QED) is 0.216.